The molecule has 1 atom stereocenters. The highest BCUT2D eigenvalue weighted by Gasteiger charge is 2.35. The van der Waals surface area contributed by atoms with Crippen LogP contribution in [-0.2, 0) is 11.3 Å². The van der Waals surface area contributed by atoms with Gasteiger partial charge in [-0.3, -0.25) is 14.7 Å². The van der Waals surface area contributed by atoms with Crippen LogP contribution >= 0.6 is 0 Å². The normalized spacial score (nSPS) is 17.6. The number of hydrogen-bond donors (Lipinski definition) is 0. The van der Waals surface area contributed by atoms with Crippen LogP contribution in [0.1, 0.15) is 29.0 Å². The Hall–Kier alpha value is -2.92. The average Bonchev–Trinajstić information content (AvgIpc) is 2.74. The summed E-state index contributed by atoms with van der Waals surface area (Å²) in [6, 6.07) is 16.4. The minimum Gasteiger partial charge on any atom is -0.299 e. The Bertz CT molecular complexity index is 913. The number of likely N-dealkylation sites (tertiary alicyclic amines) is 1. The molecule has 0 spiro atoms. The van der Waals surface area contributed by atoms with E-state index in [1.54, 1.807) is 30.5 Å². The van der Waals surface area contributed by atoms with Gasteiger partial charge in [-0.1, -0.05) is 30.3 Å². The van der Waals surface area contributed by atoms with Crippen LogP contribution in [-0.4, -0.2) is 28.8 Å². The number of aromatic nitrogens is 1. The molecule has 1 aliphatic rings. The number of carbonyl (C=O) groups excluding carboxylic acids is 1. The highest BCUT2D eigenvalue weighted by atomic mass is 19.1. The van der Waals surface area contributed by atoms with Gasteiger partial charge in [0.05, 0.1) is 0 Å². The van der Waals surface area contributed by atoms with E-state index < -0.39 is 0 Å². The fourth-order valence-electron chi connectivity index (χ4n) is 4.11. The van der Waals surface area contributed by atoms with E-state index >= 15 is 0 Å². The van der Waals surface area contributed by atoms with E-state index in [4.69, 9.17) is 0 Å². The molecule has 3 nitrogen and oxygen atoms in total. The fraction of sp³-hybridized carbons (Fsp3) is 0.250. The second kappa shape index (κ2) is 8.62. The number of hydrogen-bond acceptors (Lipinski definition) is 3. The zero-order chi connectivity index (χ0) is 20.2. The van der Waals surface area contributed by atoms with Gasteiger partial charge in [0.25, 0.3) is 0 Å². The molecule has 0 bridgehead atoms. The zero-order valence-corrected chi connectivity index (χ0v) is 16.0. The molecule has 4 rings (SSSR count). The summed E-state index contributed by atoms with van der Waals surface area (Å²) in [4.78, 5) is 19.3. The van der Waals surface area contributed by atoms with Crippen LogP contribution < -0.4 is 0 Å². The van der Waals surface area contributed by atoms with Gasteiger partial charge in [0.15, 0.2) is 0 Å². The summed E-state index contributed by atoms with van der Waals surface area (Å²) in [5.41, 5.74) is 2.82. The maximum absolute atomic E-state index is 13.5. The number of nitrogens with zero attached hydrogens (tertiary/aromatic N) is 2. The minimum absolute atomic E-state index is 0.186. The van der Waals surface area contributed by atoms with E-state index in [-0.39, 0.29) is 29.3 Å². The van der Waals surface area contributed by atoms with Crippen molar-refractivity contribution in [2.75, 3.05) is 13.1 Å². The third-order valence-electron chi connectivity index (χ3n) is 5.53. The van der Waals surface area contributed by atoms with Gasteiger partial charge in [0.1, 0.15) is 17.4 Å². The molecule has 1 aromatic heterocycles. The van der Waals surface area contributed by atoms with Gasteiger partial charge in [0.2, 0.25) is 0 Å². The Morgan fingerprint density at radius 3 is 2.14 bits per heavy atom. The van der Waals surface area contributed by atoms with Crippen molar-refractivity contribution in [1.29, 1.82) is 0 Å². The molecule has 2 aromatic carbocycles. The maximum atomic E-state index is 13.5. The molecular weight excluding hydrogens is 370 g/mol. The van der Waals surface area contributed by atoms with Crippen molar-refractivity contribution in [2.45, 2.75) is 18.9 Å². The number of benzene rings is 2. The van der Waals surface area contributed by atoms with Gasteiger partial charge >= 0.3 is 0 Å². The monoisotopic (exact) mass is 392 g/mol. The molecule has 0 N–H and O–H groups in total. The Kier molecular flexibility index (Phi) is 5.76. The highest BCUT2D eigenvalue weighted by molar-refractivity contribution is 5.83. The molecule has 3 aromatic rings. The highest BCUT2D eigenvalue weighted by Crippen LogP contribution is 2.36. The lowest BCUT2D eigenvalue weighted by Crippen LogP contribution is -2.43. The van der Waals surface area contributed by atoms with Gasteiger partial charge in [0, 0.05) is 50.3 Å². The van der Waals surface area contributed by atoms with Crippen molar-refractivity contribution in [1.82, 2.24) is 9.88 Å². The first-order valence-electron chi connectivity index (χ1n) is 9.75. The number of carbonyl (C=O) groups is 1. The van der Waals surface area contributed by atoms with E-state index in [1.165, 1.54) is 24.3 Å². The lowest BCUT2D eigenvalue weighted by Gasteiger charge is -2.36. The minimum atomic E-state index is -0.320. The van der Waals surface area contributed by atoms with Crippen molar-refractivity contribution in [3.05, 3.63) is 101 Å². The standard InChI is InChI=1S/C24H22F2N2O/c25-20-7-3-18(4-8-20)24(19-5-9-21(26)10-6-19)22-16-28(13-11-23(22)29)15-17-2-1-12-27-14-17/h1-10,12,14,22,24H,11,13,15-16H2. The van der Waals surface area contributed by atoms with Crippen LogP contribution in [0.5, 0.6) is 0 Å². The molecule has 2 heterocycles. The molecule has 5 heteroatoms. The summed E-state index contributed by atoms with van der Waals surface area (Å²) < 4.78 is 27.0. The molecular formula is C24H22F2N2O. The van der Waals surface area contributed by atoms with Gasteiger partial charge in [-0.15, -0.1) is 0 Å². The maximum Gasteiger partial charge on any atom is 0.139 e. The van der Waals surface area contributed by atoms with Crippen LogP contribution in [0, 0.1) is 17.6 Å². The van der Waals surface area contributed by atoms with Crippen molar-refractivity contribution < 1.29 is 13.6 Å². The summed E-state index contributed by atoms with van der Waals surface area (Å²) in [5.74, 6) is -0.984. The Morgan fingerprint density at radius 2 is 1.59 bits per heavy atom. The molecule has 0 radical (unpaired) electrons. The topological polar surface area (TPSA) is 33.2 Å². The SMILES string of the molecule is O=C1CCN(Cc2cccnc2)CC1C(c1ccc(F)cc1)c1ccc(F)cc1. The molecule has 0 aliphatic carbocycles. The lowest BCUT2D eigenvalue weighted by atomic mass is 9.76. The smallest absolute Gasteiger partial charge is 0.139 e. The summed E-state index contributed by atoms with van der Waals surface area (Å²) >= 11 is 0. The number of ketones is 1. The van der Waals surface area contributed by atoms with Crippen LogP contribution in [0.25, 0.3) is 0 Å². The number of halogens is 2. The Labute approximate surface area is 169 Å². The van der Waals surface area contributed by atoms with Crippen molar-refractivity contribution in [3.63, 3.8) is 0 Å². The second-order valence-electron chi connectivity index (χ2n) is 7.50. The fourth-order valence-corrected chi connectivity index (χ4v) is 4.11. The molecule has 0 amide bonds. The van der Waals surface area contributed by atoms with Crippen molar-refractivity contribution in [2.24, 2.45) is 5.92 Å². The van der Waals surface area contributed by atoms with E-state index in [2.05, 4.69) is 9.88 Å². The van der Waals surface area contributed by atoms with Gasteiger partial charge in [-0.2, -0.15) is 0 Å². The third-order valence-corrected chi connectivity index (χ3v) is 5.53. The number of pyridine rings is 1. The molecule has 1 saturated heterocycles. The molecule has 29 heavy (non-hydrogen) atoms. The quantitative estimate of drug-likeness (QED) is 0.637. The average molecular weight is 392 g/mol. The summed E-state index contributed by atoms with van der Waals surface area (Å²) in [7, 11) is 0. The van der Waals surface area contributed by atoms with Crippen LogP contribution in [0.3, 0.4) is 0 Å². The zero-order valence-electron chi connectivity index (χ0n) is 16.0. The number of rotatable bonds is 5. The van der Waals surface area contributed by atoms with Gasteiger partial charge < -0.3 is 0 Å². The first-order valence-corrected chi connectivity index (χ1v) is 9.75. The predicted molar refractivity (Wildman–Crippen MR) is 107 cm³/mol. The lowest BCUT2D eigenvalue weighted by molar-refractivity contribution is -0.126. The second-order valence-corrected chi connectivity index (χ2v) is 7.50. The van der Waals surface area contributed by atoms with Crippen molar-refractivity contribution >= 4 is 5.78 Å². The largest absolute Gasteiger partial charge is 0.299 e. The van der Waals surface area contributed by atoms with Crippen LogP contribution in [0.4, 0.5) is 8.78 Å². The Balaban J connectivity index is 1.65. The summed E-state index contributed by atoms with van der Waals surface area (Å²) in [6.07, 6.45) is 4.04. The van der Waals surface area contributed by atoms with E-state index in [1.807, 2.05) is 18.3 Å². The Morgan fingerprint density at radius 1 is 0.966 bits per heavy atom. The first-order chi connectivity index (χ1) is 14.1. The first kappa shape index (κ1) is 19.4. The molecule has 1 unspecified atom stereocenters. The summed E-state index contributed by atoms with van der Waals surface area (Å²) in [5, 5.41) is 0. The van der Waals surface area contributed by atoms with Crippen LogP contribution in [0.2, 0.25) is 0 Å². The van der Waals surface area contributed by atoms with Crippen LogP contribution in [0.15, 0.2) is 73.1 Å². The van der Waals surface area contributed by atoms with E-state index in [0.717, 1.165) is 23.2 Å². The molecule has 1 fully saturated rings. The van der Waals surface area contributed by atoms with Crippen molar-refractivity contribution in [3.8, 4) is 0 Å². The summed E-state index contributed by atoms with van der Waals surface area (Å²) in [6.45, 7) is 2.01. The number of Topliss-reactive ketones (excluding diaryl/α,β-unsaturated/α-hetero) is 1. The third kappa shape index (κ3) is 4.57. The molecule has 1 aliphatic heterocycles. The molecule has 0 saturated carbocycles. The number of piperidine rings is 1. The van der Waals surface area contributed by atoms with Gasteiger partial charge in [-0.05, 0) is 47.0 Å². The van der Waals surface area contributed by atoms with E-state index in [0.29, 0.717) is 19.5 Å². The van der Waals surface area contributed by atoms with Gasteiger partial charge in [-0.25, -0.2) is 8.78 Å². The predicted octanol–water partition coefficient (Wildman–Crippen LogP) is 4.58. The molecule has 148 valence electrons. The van der Waals surface area contributed by atoms with E-state index in [9.17, 15) is 13.6 Å².